The van der Waals surface area contributed by atoms with Gasteiger partial charge in [0.25, 0.3) is 11.7 Å². The number of fused-ring (bicyclic) bond motifs is 1. The van der Waals surface area contributed by atoms with E-state index in [1.54, 1.807) is 19.1 Å². The molecule has 0 N–H and O–H groups in total. The molecule has 0 spiro atoms. The van der Waals surface area contributed by atoms with Crippen LogP contribution in [0.3, 0.4) is 0 Å². The van der Waals surface area contributed by atoms with Crippen molar-refractivity contribution in [1.29, 1.82) is 0 Å². The van der Waals surface area contributed by atoms with E-state index in [1.165, 1.54) is 12.1 Å². The summed E-state index contributed by atoms with van der Waals surface area (Å²) in [5.74, 6) is -3.30. The fourth-order valence-corrected chi connectivity index (χ4v) is 2.71. The molecule has 1 aromatic carbocycles. The maximum Gasteiger partial charge on any atom is 0.356 e. The smallest absolute Gasteiger partial charge is 0.356 e. The van der Waals surface area contributed by atoms with Gasteiger partial charge in [-0.15, -0.1) is 0 Å². The van der Waals surface area contributed by atoms with Gasteiger partial charge in [0.05, 0.1) is 6.54 Å². The van der Waals surface area contributed by atoms with Crippen LogP contribution in [0.4, 0.5) is 0 Å². The zero-order valence-electron chi connectivity index (χ0n) is 11.5. The van der Waals surface area contributed by atoms with Crippen LogP contribution in [0, 0.1) is 0 Å². The van der Waals surface area contributed by atoms with Crippen LogP contribution >= 0.6 is 15.9 Å². The Bertz CT molecular complexity index is 750. The number of benzene rings is 1. The van der Waals surface area contributed by atoms with Crippen molar-refractivity contribution in [2.45, 2.75) is 13.0 Å². The molecule has 0 aromatic heterocycles. The SMILES string of the molecule is CC1CN2C(=O)C(=O)C(C(=O)c3ccc(Br)cc3)=C2C(=O)O1. The highest BCUT2D eigenvalue weighted by Crippen LogP contribution is 2.29. The Kier molecular flexibility index (Phi) is 3.44. The molecule has 2 heterocycles. The molecule has 1 aromatic rings. The zero-order valence-corrected chi connectivity index (χ0v) is 13.0. The molecule has 7 heteroatoms. The molecule has 6 nitrogen and oxygen atoms in total. The molecule has 1 saturated heterocycles. The number of esters is 1. The van der Waals surface area contributed by atoms with Gasteiger partial charge >= 0.3 is 5.97 Å². The highest BCUT2D eigenvalue weighted by molar-refractivity contribution is 9.10. The number of hydrogen-bond acceptors (Lipinski definition) is 5. The molecular formula is C15H10BrNO5. The third-order valence-electron chi connectivity index (χ3n) is 3.45. The highest BCUT2D eigenvalue weighted by Gasteiger charge is 2.48. The monoisotopic (exact) mass is 363 g/mol. The van der Waals surface area contributed by atoms with E-state index < -0.39 is 35.1 Å². The van der Waals surface area contributed by atoms with E-state index in [9.17, 15) is 19.2 Å². The Morgan fingerprint density at radius 2 is 1.86 bits per heavy atom. The third kappa shape index (κ3) is 2.18. The van der Waals surface area contributed by atoms with E-state index in [1.807, 2.05) is 0 Å². The number of carbonyl (C=O) groups excluding carboxylic acids is 4. The van der Waals surface area contributed by atoms with Crippen molar-refractivity contribution in [3.8, 4) is 0 Å². The fourth-order valence-electron chi connectivity index (χ4n) is 2.45. The second-order valence-corrected chi connectivity index (χ2v) is 5.94. The minimum atomic E-state index is -0.964. The second-order valence-electron chi connectivity index (χ2n) is 5.02. The standard InChI is InChI=1S/C15H10BrNO5/c1-7-6-17-11(15(21)22-7)10(13(19)14(17)20)12(18)8-2-4-9(16)5-3-8/h2-5,7H,6H2,1H3. The lowest BCUT2D eigenvalue weighted by molar-refractivity contribution is -0.155. The van der Waals surface area contributed by atoms with E-state index in [0.29, 0.717) is 0 Å². The first-order valence-electron chi connectivity index (χ1n) is 6.52. The van der Waals surface area contributed by atoms with Gasteiger partial charge in [0.1, 0.15) is 17.4 Å². The molecule has 2 aliphatic heterocycles. The van der Waals surface area contributed by atoms with Gasteiger partial charge in [-0.3, -0.25) is 19.3 Å². The van der Waals surface area contributed by atoms with Crippen molar-refractivity contribution in [3.05, 3.63) is 45.6 Å². The summed E-state index contributed by atoms with van der Waals surface area (Å²) >= 11 is 3.24. The molecule has 112 valence electrons. The Morgan fingerprint density at radius 1 is 1.23 bits per heavy atom. The lowest BCUT2D eigenvalue weighted by Gasteiger charge is -2.28. The topological polar surface area (TPSA) is 80.8 Å². The van der Waals surface area contributed by atoms with Gasteiger partial charge in [-0.2, -0.15) is 0 Å². The van der Waals surface area contributed by atoms with Crippen molar-refractivity contribution in [3.63, 3.8) is 0 Å². The van der Waals surface area contributed by atoms with E-state index in [-0.39, 0.29) is 17.8 Å². The van der Waals surface area contributed by atoms with Gasteiger partial charge in [0.15, 0.2) is 5.78 Å². The largest absolute Gasteiger partial charge is 0.456 e. The summed E-state index contributed by atoms with van der Waals surface area (Å²) < 4.78 is 5.80. The predicted molar refractivity (Wildman–Crippen MR) is 77.8 cm³/mol. The number of morpholine rings is 1. The van der Waals surface area contributed by atoms with Crippen molar-refractivity contribution >= 4 is 39.4 Å². The van der Waals surface area contributed by atoms with Gasteiger partial charge in [-0.25, -0.2) is 4.79 Å². The second kappa shape index (κ2) is 5.17. The highest BCUT2D eigenvalue weighted by atomic mass is 79.9. The molecule has 1 fully saturated rings. The van der Waals surface area contributed by atoms with Crippen molar-refractivity contribution in [2.24, 2.45) is 0 Å². The normalized spacial score (nSPS) is 21.1. The number of ether oxygens (including phenoxy) is 1. The summed E-state index contributed by atoms with van der Waals surface area (Å²) in [6, 6.07) is 6.30. The molecule has 0 radical (unpaired) electrons. The summed E-state index contributed by atoms with van der Waals surface area (Å²) in [6.45, 7) is 1.68. The van der Waals surface area contributed by atoms with Crippen LogP contribution in [-0.2, 0) is 19.1 Å². The van der Waals surface area contributed by atoms with Gasteiger partial charge in [-0.1, -0.05) is 15.9 Å². The molecule has 2 aliphatic rings. The summed E-state index contributed by atoms with van der Waals surface area (Å²) in [5, 5.41) is 0. The van der Waals surface area contributed by atoms with Crippen LogP contribution in [0.5, 0.6) is 0 Å². The van der Waals surface area contributed by atoms with Crippen LogP contribution in [-0.4, -0.2) is 41.0 Å². The molecule has 3 rings (SSSR count). The van der Waals surface area contributed by atoms with E-state index >= 15 is 0 Å². The van der Waals surface area contributed by atoms with Crippen molar-refractivity contribution in [2.75, 3.05) is 6.54 Å². The van der Waals surface area contributed by atoms with Gasteiger partial charge in [0, 0.05) is 10.0 Å². The lowest BCUT2D eigenvalue weighted by Crippen LogP contribution is -2.43. The first kappa shape index (κ1) is 14.6. The Labute approximate surface area is 133 Å². The molecule has 22 heavy (non-hydrogen) atoms. The van der Waals surface area contributed by atoms with Gasteiger partial charge in [0.2, 0.25) is 0 Å². The number of nitrogens with zero attached hydrogens (tertiary/aromatic N) is 1. The Balaban J connectivity index is 2.09. The summed E-state index contributed by atoms with van der Waals surface area (Å²) in [6.07, 6.45) is -0.518. The molecule has 0 saturated carbocycles. The minimum absolute atomic E-state index is 0.0722. The van der Waals surface area contributed by atoms with Crippen molar-refractivity contribution < 1.29 is 23.9 Å². The number of halogens is 1. The maximum absolute atomic E-state index is 12.5. The number of hydrogen-bond donors (Lipinski definition) is 0. The number of amides is 1. The van der Waals surface area contributed by atoms with Crippen molar-refractivity contribution in [1.82, 2.24) is 4.90 Å². The van der Waals surface area contributed by atoms with E-state index in [2.05, 4.69) is 15.9 Å². The van der Waals surface area contributed by atoms with Crippen LogP contribution in [0.25, 0.3) is 0 Å². The average molecular weight is 364 g/mol. The number of Topliss-reactive ketones (excluding diaryl/α,β-unsaturated/α-hetero) is 2. The van der Waals surface area contributed by atoms with E-state index in [4.69, 9.17) is 4.74 Å². The first-order chi connectivity index (χ1) is 10.4. The van der Waals surface area contributed by atoms with Crippen LogP contribution in [0.15, 0.2) is 40.0 Å². The third-order valence-corrected chi connectivity index (χ3v) is 3.98. The van der Waals surface area contributed by atoms with Gasteiger partial charge in [-0.05, 0) is 31.2 Å². The quantitative estimate of drug-likeness (QED) is 0.341. The van der Waals surface area contributed by atoms with Crippen LogP contribution in [0.2, 0.25) is 0 Å². The summed E-state index contributed by atoms with van der Waals surface area (Å²) in [7, 11) is 0. The first-order valence-corrected chi connectivity index (χ1v) is 7.31. The lowest BCUT2D eigenvalue weighted by atomic mass is 10.00. The molecule has 1 unspecified atom stereocenters. The molecular weight excluding hydrogens is 354 g/mol. The van der Waals surface area contributed by atoms with Crippen LogP contribution < -0.4 is 0 Å². The molecule has 1 amide bonds. The van der Waals surface area contributed by atoms with E-state index in [0.717, 1.165) is 9.37 Å². The predicted octanol–water partition coefficient (Wildman–Crippen LogP) is 1.24. The van der Waals surface area contributed by atoms with Crippen LogP contribution in [0.1, 0.15) is 17.3 Å². The fraction of sp³-hybridized carbons (Fsp3) is 0.200. The van der Waals surface area contributed by atoms with Gasteiger partial charge < -0.3 is 4.74 Å². The minimum Gasteiger partial charge on any atom is -0.456 e. The number of rotatable bonds is 2. The average Bonchev–Trinajstić information content (AvgIpc) is 2.72. The maximum atomic E-state index is 12.5. The Morgan fingerprint density at radius 3 is 2.50 bits per heavy atom. The molecule has 1 atom stereocenters. The summed E-state index contributed by atoms with van der Waals surface area (Å²) in [5.41, 5.74) is -0.439. The molecule has 0 aliphatic carbocycles. The summed E-state index contributed by atoms with van der Waals surface area (Å²) in [4.78, 5) is 49.7. The zero-order chi connectivity index (χ0) is 16.0. The number of cyclic esters (lactones) is 1. The Hall–Kier alpha value is -2.28. The molecule has 0 bridgehead atoms. The number of carbonyl (C=O) groups is 4. The number of ketones is 2.